The highest BCUT2D eigenvalue weighted by molar-refractivity contribution is 14.1. The Morgan fingerprint density at radius 1 is 1.33 bits per heavy atom. The molecular weight excluding hydrogens is 303 g/mol. The summed E-state index contributed by atoms with van der Waals surface area (Å²) in [4.78, 5) is 11.6. The number of hydrogen-bond acceptors (Lipinski definition) is 2. The Kier molecular flexibility index (Phi) is 3.75. The van der Waals surface area contributed by atoms with E-state index in [9.17, 15) is 4.79 Å². The molecule has 1 aliphatic heterocycles. The standard InChI is InChI=1S/C12H13IO2/c13-11-3-1-9(2-4-11)7-10-8-15-6-5-12(10)14/h1-4,10H,5-8H2. The summed E-state index contributed by atoms with van der Waals surface area (Å²) in [7, 11) is 0. The fourth-order valence-corrected chi connectivity index (χ4v) is 2.13. The molecule has 1 aromatic carbocycles. The van der Waals surface area contributed by atoms with Crippen molar-refractivity contribution in [2.75, 3.05) is 13.2 Å². The Labute approximate surface area is 103 Å². The van der Waals surface area contributed by atoms with Gasteiger partial charge in [-0.05, 0) is 46.7 Å². The minimum Gasteiger partial charge on any atom is -0.380 e. The largest absolute Gasteiger partial charge is 0.380 e. The van der Waals surface area contributed by atoms with Crippen molar-refractivity contribution >= 4 is 28.4 Å². The molecule has 1 saturated heterocycles. The molecule has 0 aromatic heterocycles. The monoisotopic (exact) mass is 316 g/mol. The Morgan fingerprint density at radius 3 is 2.73 bits per heavy atom. The van der Waals surface area contributed by atoms with E-state index >= 15 is 0 Å². The van der Waals surface area contributed by atoms with E-state index in [-0.39, 0.29) is 5.92 Å². The summed E-state index contributed by atoms with van der Waals surface area (Å²) in [5.74, 6) is 0.415. The molecule has 0 spiro atoms. The van der Waals surface area contributed by atoms with Crippen LogP contribution in [0.25, 0.3) is 0 Å². The minimum absolute atomic E-state index is 0.0683. The lowest BCUT2D eigenvalue weighted by Crippen LogP contribution is -2.29. The van der Waals surface area contributed by atoms with E-state index in [0.29, 0.717) is 25.4 Å². The predicted octanol–water partition coefficient (Wildman–Crippen LogP) is 2.44. The summed E-state index contributed by atoms with van der Waals surface area (Å²) in [5, 5.41) is 0. The third-order valence-electron chi connectivity index (χ3n) is 2.66. The Bertz CT molecular complexity index is 345. The molecule has 2 nitrogen and oxygen atoms in total. The summed E-state index contributed by atoms with van der Waals surface area (Å²) in [6.45, 7) is 1.19. The van der Waals surface area contributed by atoms with E-state index in [4.69, 9.17) is 4.74 Å². The Morgan fingerprint density at radius 2 is 2.07 bits per heavy atom. The SMILES string of the molecule is O=C1CCOCC1Cc1ccc(I)cc1. The topological polar surface area (TPSA) is 26.3 Å². The van der Waals surface area contributed by atoms with E-state index in [0.717, 1.165) is 6.42 Å². The molecule has 0 amide bonds. The summed E-state index contributed by atoms with van der Waals surface area (Å²) in [6, 6.07) is 8.32. The molecular formula is C12H13IO2. The zero-order chi connectivity index (χ0) is 10.7. The van der Waals surface area contributed by atoms with Gasteiger partial charge in [-0.15, -0.1) is 0 Å². The second kappa shape index (κ2) is 5.07. The second-order valence-electron chi connectivity index (χ2n) is 3.82. The van der Waals surface area contributed by atoms with E-state index < -0.39 is 0 Å². The Balaban J connectivity index is 2.01. The molecule has 0 radical (unpaired) electrons. The first-order chi connectivity index (χ1) is 7.25. The minimum atomic E-state index is 0.0683. The van der Waals surface area contributed by atoms with Gasteiger partial charge in [0.1, 0.15) is 5.78 Å². The molecule has 1 unspecified atom stereocenters. The number of benzene rings is 1. The number of hydrogen-bond donors (Lipinski definition) is 0. The molecule has 1 fully saturated rings. The average molecular weight is 316 g/mol. The fraction of sp³-hybridized carbons (Fsp3) is 0.417. The van der Waals surface area contributed by atoms with Crippen LogP contribution in [0.2, 0.25) is 0 Å². The van der Waals surface area contributed by atoms with Crippen molar-refractivity contribution in [1.82, 2.24) is 0 Å². The molecule has 0 N–H and O–H groups in total. The fourth-order valence-electron chi connectivity index (χ4n) is 1.77. The molecule has 0 bridgehead atoms. The van der Waals surface area contributed by atoms with E-state index in [1.807, 2.05) is 0 Å². The maximum Gasteiger partial charge on any atom is 0.140 e. The van der Waals surface area contributed by atoms with Crippen molar-refractivity contribution in [3.63, 3.8) is 0 Å². The third-order valence-corrected chi connectivity index (χ3v) is 3.38. The summed E-state index contributed by atoms with van der Waals surface area (Å²) in [5.41, 5.74) is 1.22. The van der Waals surface area contributed by atoms with Crippen LogP contribution in [-0.4, -0.2) is 19.0 Å². The van der Waals surface area contributed by atoms with Crippen molar-refractivity contribution in [2.45, 2.75) is 12.8 Å². The van der Waals surface area contributed by atoms with Crippen molar-refractivity contribution in [1.29, 1.82) is 0 Å². The van der Waals surface area contributed by atoms with Gasteiger partial charge in [-0.25, -0.2) is 0 Å². The van der Waals surface area contributed by atoms with Crippen molar-refractivity contribution < 1.29 is 9.53 Å². The van der Waals surface area contributed by atoms with Crippen LogP contribution >= 0.6 is 22.6 Å². The number of Topliss-reactive ketones (excluding diaryl/α,β-unsaturated/α-hetero) is 1. The molecule has 2 rings (SSSR count). The lowest BCUT2D eigenvalue weighted by Gasteiger charge is -2.20. The normalized spacial score (nSPS) is 21.7. The first kappa shape index (κ1) is 11.1. The zero-order valence-electron chi connectivity index (χ0n) is 8.41. The summed E-state index contributed by atoms with van der Waals surface area (Å²) in [6.07, 6.45) is 1.39. The number of carbonyl (C=O) groups is 1. The maximum atomic E-state index is 11.6. The highest BCUT2D eigenvalue weighted by atomic mass is 127. The molecule has 0 aliphatic carbocycles. The van der Waals surface area contributed by atoms with Gasteiger partial charge in [-0.3, -0.25) is 4.79 Å². The summed E-state index contributed by atoms with van der Waals surface area (Å²) >= 11 is 2.28. The number of carbonyl (C=O) groups excluding carboxylic acids is 1. The predicted molar refractivity (Wildman–Crippen MR) is 66.8 cm³/mol. The second-order valence-corrected chi connectivity index (χ2v) is 5.06. The molecule has 1 aliphatic rings. The first-order valence-electron chi connectivity index (χ1n) is 5.10. The lowest BCUT2D eigenvalue weighted by atomic mass is 9.93. The van der Waals surface area contributed by atoms with Gasteiger partial charge in [0.05, 0.1) is 13.2 Å². The van der Waals surface area contributed by atoms with Gasteiger partial charge >= 0.3 is 0 Å². The van der Waals surface area contributed by atoms with Crippen LogP contribution in [0, 0.1) is 9.49 Å². The molecule has 1 aromatic rings. The smallest absolute Gasteiger partial charge is 0.140 e. The maximum absolute atomic E-state index is 11.6. The molecule has 80 valence electrons. The molecule has 3 heteroatoms. The van der Waals surface area contributed by atoms with E-state index in [1.54, 1.807) is 0 Å². The van der Waals surface area contributed by atoms with Crippen LogP contribution in [-0.2, 0) is 16.0 Å². The average Bonchev–Trinajstić information content (AvgIpc) is 2.25. The zero-order valence-corrected chi connectivity index (χ0v) is 10.6. The van der Waals surface area contributed by atoms with Crippen molar-refractivity contribution in [3.05, 3.63) is 33.4 Å². The van der Waals surface area contributed by atoms with Gasteiger partial charge in [0.2, 0.25) is 0 Å². The van der Waals surface area contributed by atoms with Gasteiger partial charge in [-0.1, -0.05) is 12.1 Å². The van der Waals surface area contributed by atoms with Crippen LogP contribution in [0.3, 0.4) is 0 Å². The molecule has 1 heterocycles. The quantitative estimate of drug-likeness (QED) is 0.784. The van der Waals surface area contributed by atoms with Crippen LogP contribution in [0.15, 0.2) is 24.3 Å². The van der Waals surface area contributed by atoms with Crippen LogP contribution in [0.5, 0.6) is 0 Å². The molecule has 1 atom stereocenters. The van der Waals surface area contributed by atoms with Crippen molar-refractivity contribution in [3.8, 4) is 0 Å². The number of halogens is 1. The number of rotatable bonds is 2. The number of ether oxygens (including phenoxy) is 1. The lowest BCUT2D eigenvalue weighted by molar-refractivity contribution is -0.130. The van der Waals surface area contributed by atoms with Gasteiger partial charge in [0, 0.05) is 15.9 Å². The highest BCUT2D eigenvalue weighted by Crippen LogP contribution is 2.16. The van der Waals surface area contributed by atoms with E-state index in [1.165, 1.54) is 9.13 Å². The van der Waals surface area contributed by atoms with Gasteiger partial charge < -0.3 is 4.74 Å². The van der Waals surface area contributed by atoms with E-state index in [2.05, 4.69) is 46.9 Å². The van der Waals surface area contributed by atoms with Crippen molar-refractivity contribution in [2.24, 2.45) is 5.92 Å². The van der Waals surface area contributed by atoms with Gasteiger partial charge in [0.15, 0.2) is 0 Å². The first-order valence-corrected chi connectivity index (χ1v) is 6.18. The van der Waals surface area contributed by atoms with Gasteiger partial charge in [-0.2, -0.15) is 0 Å². The molecule has 15 heavy (non-hydrogen) atoms. The van der Waals surface area contributed by atoms with Crippen LogP contribution < -0.4 is 0 Å². The van der Waals surface area contributed by atoms with Gasteiger partial charge in [0.25, 0.3) is 0 Å². The van der Waals surface area contributed by atoms with Crippen LogP contribution in [0.4, 0.5) is 0 Å². The van der Waals surface area contributed by atoms with Crippen LogP contribution in [0.1, 0.15) is 12.0 Å². The highest BCUT2D eigenvalue weighted by Gasteiger charge is 2.22. The number of ketones is 1. The summed E-state index contributed by atoms with van der Waals surface area (Å²) < 4.78 is 6.55. The third kappa shape index (κ3) is 3.01. The molecule has 0 saturated carbocycles. The Hall–Kier alpha value is -0.420.